The Labute approximate surface area is 84.1 Å². The van der Waals surface area contributed by atoms with Crippen molar-refractivity contribution in [2.24, 2.45) is 0 Å². The number of hydrogen-bond donors (Lipinski definition) is 0. The molecule has 0 saturated carbocycles. The molecule has 5 heteroatoms. The molecule has 0 aromatic rings. The molecule has 0 aliphatic carbocycles. The summed E-state index contributed by atoms with van der Waals surface area (Å²) in [4.78, 5) is 8.93. The van der Waals surface area contributed by atoms with Crippen molar-refractivity contribution in [1.82, 2.24) is 0 Å². The summed E-state index contributed by atoms with van der Waals surface area (Å²) in [5.74, 6) is 0. The average Bonchev–Trinajstić information content (AvgIpc) is 1.37. The number of allylic oxidation sites excluding steroid dienone is 1. The predicted octanol–water partition coefficient (Wildman–Crippen LogP) is 0.156. The van der Waals surface area contributed by atoms with E-state index in [0.29, 0.717) is 0 Å². The van der Waals surface area contributed by atoms with Gasteiger partial charge in [0.1, 0.15) is 0 Å². The summed E-state index contributed by atoms with van der Waals surface area (Å²) in [6.45, 7) is 3.06. The van der Waals surface area contributed by atoms with Crippen LogP contribution in [-0.4, -0.2) is 6.29 Å². The molecule has 0 N–H and O–H groups in total. The van der Waals surface area contributed by atoms with E-state index in [1.807, 2.05) is 0 Å². The zero-order chi connectivity index (χ0) is 3.41. The fourth-order valence-corrected chi connectivity index (χ4v) is 0. The van der Waals surface area contributed by atoms with Crippen molar-refractivity contribution < 1.29 is 65.5 Å². The van der Waals surface area contributed by atoms with E-state index in [1.54, 1.807) is 0 Å². The molecule has 0 saturated heterocycles. The van der Waals surface area contributed by atoms with Gasteiger partial charge in [-0.1, -0.05) is 0 Å². The van der Waals surface area contributed by atoms with Crippen LogP contribution < -0.4 is 0 Å². The molecule has 0 rings (SSSR count). The number of carbonyl (C=O) groups excluding carboxylic acids is 1. The Kier molecular flexibility index (Phi) is 189. The minimum absolute atomic E-state index is 0. The molecule has 1 radical (unpaired) electrons. The first-order valence-corrected chi connectivity index (χ1v) is 0.901. The van der Waals surface area contributed by atoms with Gasteiger partial charge in [0, 0.05) is 0 Å². The van der Waals surface area contributed by atoms with Gasteiger partial charge in [0.2, 0.25) is 0 Å². The molecule has 8 heavy (non-hydrogen) atoms. The molecule has 0 atom stereocenters. The third kappa shape index (κ3) is 60.0. The molecule has 0 aromatic heterocycles. The molecule has 0 aliphatic heterocycles. The van der Waals surface area contributed by atoms with Crippen molar-refractivity contribution in [2.45, 2.75) is 0 Å². The van der Waals surface area contributed by atoms with Crippen LogP contribution >= 0.6 is 0 Å². The zero-order valence-corrected chi connectivity index (χ0v) is 7.21. The Balaban J connectivity index is -0.00000000750. The van der Waals surface area contributed by atoms with Crippen LogP contribution in [0, 0.1) is 0 Å². The van der Waals surface area contributed by atoms with Gasteiger partial charge in [-0.05, 0) is 6.29 Å². The van der Waals surface area contributed by atoms with Crippen molar-refractivity contribution in [3.05, 3.63) is 12.7 Å². The van der Waals surface area contributed by atoms with E-state index in [-0.39, 0.29) is 60.8 Å². The number of hydrogen-bond acceptors (Lipinski definition) is 1. The molecule has 2 nitrogen and oxygen atoms in total. The molecule has 0 bridgehead atoms. The average molecular weight is 241 g/mol. The minimum Gasteiger partial charge on any atom is -2.00 e. The van der Waals surface area contributed by atoms with Crippen molar-refractivity contribution in [1.29, 1.82) is 0 Å². The summed E-state index contributed by atoms with van der Waals surface area (Å²) < 4.78 is 0. The zero-order valence-electron chi connectivity index (χ0n) is 3.72. The van der Waals surface area contributed by atoms with E-state index in [4.69, 9.17) is 4.79 Å². The molecule has 0 aromatic carbocycles. The van der Waals surface area contributed by atoms with Crippen LogP contribution in [0.3, 0.4) is 0 Å². The quantitative estimate of drug-likeness (QED) is 0.366. The van der Waals surface area contributed by atoms with Gasteiger partial charge in [0.05, 0.1) is 0 Å². The first-order chi connectivity index (χ1) is 1.91. The normalized spacial score (nSPS) is 2.50. The molecule has 0 amide bonds. The van der Waals surface area contributed by atoms with Crippen molar-refractivity contribution in [3.63, 3.8) is 0 Å². The van der Waals surface area contributed by atoms with E-state index in [1.165, 1.54) is 6.29 Å². The van der Waals surface area contributed by atoms with Crippen LogP contribution in [0.4, 0.5) is 0 Å². The van der Waals surface area contributed by atoms with Crippen molar-refractivity contribution >= 4 is 6.29 Å². The standard InChI is InChI=1S/C3H3O.Cu.Ni.O.Ti/c1-2-3-4;;;;/h2H,1H2;;;;/q-1;2*+2;-2;+4. The van der Waals surface area contributed by atoms with Gasteiger partial charge in [0.25, 0.3) is 0 Å². The summed E-state index contributed by atoms with van der Waals surface area (Å²) in [5, 5.41) is 0. The molecule has 0 aliphatic rings. The number of rotatable bonds is 1. The van der Waals surface area contributed by atoms with Gasteiger partial charge >= 0.3 is 55.3 Å². The SMILES string of the molecule is C=C[C-]=O.[Cu+2].[Ni+2].[O-2].[Ti+4]. The molecule has 0 unspecified atom stereocenters. The monoisotopic (exact) mass is 240 g/mol. The molecule has 0 fully saturated rings. The Hall–Kier alpha value is 1.10. The summed E-state index contributed by atoms with van der Waals surface area (Å²) in [6.07, 6.45) is 2.51. The second kappa shape index (κ2) is 42.5. The fraction of sp³-hybridized carbons (Fsp3) is 0. The molecule has 0 spiro atoms. The maximum atomic E-state index is 8.93. The third-order valence-electron chi connectivity index (χ3n) is 0.0833. The topological polar surface area (TPSA) is 45.6 Å². The van der Waals surface area contributed by atoms with E-state index in [0.717, 1.165) is 6.08 Å². The summed E-state index contributed by atoms with van der Waals surface area (Å²) in [7, 11) is 0. The van der Waals surface area contributed by atoms with E-state index < -0.39 is 0 Å². The molecule has 47 valence electrons. The van der Waals surface area contributed by atoms with Crippen LogP contribution in [0.2, 0.25) is 0 Å². The molecular weight excluding hydrogens is 238 g/mol. The van der Waals surface area contributed by atoms with Crippen LogP contribution in [0.5, 0.6) is 0 Å². The van der Waals surface area contributed by atoms with E-state index in [9.17, 15) is 0 Å². The first kappa shape index (κ1) is 35.5. The van der Waals surface area contributed by atoms with Crippen LogP contribution in [0.15, 0.2) is 12.7 Å². The van der Waals surface area contributed by atoms with E-state index in [2.05, 4.69) is 6.58 Å². The van der Waals surface area contributed by atoms with Crippen LogP contribution in [0.1, 0.15) is 0 Å². The maximum Gasteiger partial charge on any atom is 4.00 e. The summed E-state index contributed by atoms with van der Waals surface area (Å²) >= 11 is 0. The van der Waals surface area contributed by atoms with Crippen LogP contribution in [0.25, 0.3) is 0 Å². The van der Waals surface area contributed by atoms with Gasteiger partial charge in [-0.2, -0.15) is 0 Å². The summed E-state index contributed by atoms with van der Waals surface area (Å²) in [5.41, 5.74) is 0. The van der Waals surface area contributed by atoms with Crippen LogP contribution in [-0.2, 0) is 65.5 Å². The van der Waals surface area contributed by atoms with Gasteiger partial charge in [0.15, 0.2) is 0 Å². The smallest absolute Gasteiger partial charge is 2.00 e. The molecule has 0 heterocycles. The first-order valence-electron chi connectivity index (χ1n) is 0.901. The summed E-state index contributed by atoms with van der Waals surface area (Å²) in [6, 6.07) is 0. The largest absolute Gasteiger partial charge is 4.00 e. The van der Waals surface area contributed by atoms with Gasteiger partial charge in [-0.15, -0.1) is 0 Å². The van der Waals surface area contributed by atoms with Gasteiger partial charge in [-0.25, -0.2) is 12.7 Å². The molecular formula is C3H3CuNiO2Ti+5. The minimum atomic E-state index is 0. The second-order valence-electron chi connectivity index (χ2n) is 0.322. The Morgan fingerprint density at radius 1 is 1.50 bits per heavy atom. The third-order valence-corrected chi connectivity index (χ3v) is 0.0833. The Bertz CT molecular complexity index is 38.3. The Morgan fingerprint density at radius 3 is 1.62 bits per heavy atom. The predicted molar refractivity (Wildman–Crippen MR) is 16.6 cm³/mol. The maximum absolute atomic E-state index is 8.93. The fourth-order valence-electron chi connectivity index (χ4n) is 0. The van der Waals surface area contributed by atoms with Gasteiger partial charge in [-0.3, -0.25) is 0 Å². The van der Waals surface area contributed by atoms with Crippen molar-refractivity contribution in [2.75, 3.05) is 0 Å². The van der Waals surface area contributed by atoms with Crippen molar-refractivity contribution in [3.8, 4) is 0 Å². The Morgan fingerprint density at radius 2 is 1.62 bits per heavy atom. The van der Waals surface area contributed by atoms with Gasteiger partial charge < -0.3 is 10.3 Å². The van der Waals surface area contributed by atoms with E-state index >= 15 is 0 Å². The second-order valence-corrected chi connectivity index (χ2v) is 0.322.